The van der Waals surface area contributed by atoms with Crippen LogP contribution >= 0.6 is 11.6 Å². The van der Waals surface area contributed by atoms with E-state index in [0.717, 1.165) is 30.9 Å². The van der Waals surface area contributed by atoms with Crippen LogP contribution in [-0.4, -0.2) is 37.3 Å². The minimum absolute atomic E-state index is 0.128. The van der Waals surface area contributed by atoms with Crippen LogP contribution < -0.4 is 21.9 Å². The zero-order valence-electron chi connectivity index (χ0n) is 15.5. The third kappa shape index (κ3) is 2.44. The zero-order valence-corrected chi connectivity index (χ0v) is 16.3. The molecule has 2 aliphatic rings. The summed E-state index contributed by atoms with van der Waals surface area (Å²) in [5.41, 5.74) is 6.84. The topological polar surface area (TPSA) is 91.1 Å². The molecule has 5 rings (SSSR count). The fourth-order valence-corrected chi connectivity index (χ4v) is 4.46. The molecule has 1 fully saturated rings. The maximum atomic E-state index is 13.3. The quantitative estimate of drug-likeness (QED) is 0.705. The molecule has 8 nitrogen and oxygen atoms in total. The zero-order chi connectivity index (χ0) is 19.6. The molecule has 0 unspecified atom stereocenters. The van der Waals surface area contributed by atoms with Crippen molar-refractivity contribution in [2.24, 2.45) is 12.8 Å². The van der Waals surface area contributed by atoms with Crippen LogP contribution in [0, 0.1) is 0 Å². The van der Waals surface area contributed by atoms with Crippen LogP contribution in [0.25, 0.3) is 11.2 Å². The molecule has 0 saturated heterocycles. The molecule has 0 amide bonds. The molecule has 146 valence electrons. The SMILES string of the molecule is Cn1c(=O)n(Cc2ccccc2Cl)c(=O)c2c1nc1n2CCN1[C@H]1C[C@H](N)C1. The second-order valence-electron chi connectivity index (χ2n) is 7.64. The number of benzene rings is 1. The third-order valence-electron chi connectivity index (χ3n) is 5.91. The first kappa shape index (κ1) is 17.5. The van der Waals surface area contributed by atoms with Crippen LogP contribution in [0.4, 0.5) is 5.95 Å². The minimum atomic E-state index is -0.397. The van der Waals surface area contributed by atoms with Gasteiger partial charge in [0.15, 0.2) is 11.2 Å². The van der Waals surface area contributed by atoms with Crippen LogP contribution in [0.15, 0.2) is 33.9 Å². The molecular formula is C19H21ClN6O2. The van der Waals surface area contributed by atoms with Gasteiger partial charge in [-0.2, -0.15) is 4.98 Å². The van der Waals surface area contributed by atoms with E-state index in [1.54, 1.807) is 13.1 Å². The van der Waals surface area contributed by atoms with Crippen molar-refractivity contribution in [2.45, 2.75) is 38.0 Å². The molecule has 2 N–H and O–H groups in total. The Hall–Kier alpha value is -2.58. The van der Waals surface area contributed by atoms with Gasteiger partial charge in [0, 0.05) is 37.2 Å². The summed E-state index contributed by atoms with van der Waals surface area (Å²) < 4.78 is 4.62. The maximum absolute atomic E-state index is 13.3. The number of nitrogens with two attached hydrogens (primary N) is 1. The lowest BCUT2D eigenvalue weighted by Gasteiger charge is -2.39. The fourth-order valence-electron chi connectivity index (χ4n) is 4.27. The second kappa shape index (κ2) is 6.22. The van der Waals surface area contributed by atoms with Gasteiger partial charge in [-0.1, -0.05) is 29.8 Å². The van der Waals surface area contributed by atoms with Gasteiger partial charge < -0.3 is 15.2 Å². The summed E-state index contributed by atoms with van der Waals surface area (Å²) in [4.78, 5) is 33.0. The Balaban J connectivity index is 1.65. The number of imidazole rings is 1. The first-order valence-corrected chi connectivity index (χ1v) is 9.79. The van der Waals surface area contributed by atoms with Crippen LogP contribution in [0.1, 0.15) is 18.4 Å². The van der Waals surface area contributed by atoms with Crippen molar-refractivity contribution >= 4 is 28.7 Å². The number of halogens is 1. The maximum Gasteiger partial charge on any atom is 0.332 e. The molecule has 3 aromatic rings. The lowest BCUT2D eigenvalue weighted by atomic mass is 9.86. The summed E-state index contributed by atoms with van der Waals surface area (Å²) in [6, 6.07) is 7.83. The summed E-state index contributed by atoms with van der Waals surface area (Å²) in [6.45, 7) is 1.61. The van der Waals surface area contributed by atoms with Gasteiger partial charge in [-0.25, -0.2) is 4.79 Å². The van der Waals surface area contributed by atoms with E-state index in [-0.39, 0.29) is 18.1 Å². The predicted octanol–water partition coefficient (Wildman–Crippen LogP) is 0.908. The normalized spacial score (nSPS) is 21.2. The number of nitrogens with zero attached hydrogens (tertiary/aromatic N) is 5. The van der Waals surface area contributed by atoms with Crippen molar-refractivity contribution < 1.29 is 0 Å². The van der Waals surface area contributed by atoms with Crippen molar-refractivity contribution in [3.05, 3.63) is 55.7 Å². The van der Waals surface area contributed by atoms with Crippen molar-refractivity contribution in [3.8, 4) is 0 Å². The number of fused-ring (bicyclic) bond motifs is 3. The molecule has 1 aliphatic carbocycles. The molecule has 28 heavy (non-hydrogen) atoms. The van der Waals surface area contributed by atoms with E-state index in [1.807, 2.05) is 22.8 Å². The molecule has 0 radical (unpaired) electrons. The van der Waals surface area contributed by atoms with Gasteiger partial charge in [0.1, 0.15) is 0 Å². The number of aromatic nitrogens is 4. The molecule has 1 saturated carbocycles. The van der Waals surface area contributed by atoms with Gasteiger partial charge in [0.25, 0.3) is 5.56 Å². The van der Waals surface area contributed by atoms with Crippen LogP contribution in [0.5, 0.6) is 0 Å². The number of anilines is 1. The Labute approximate surface area is 165 Å². The van der Waals surface area contributed by atoms with Gasteiger partial charge in [0.2, 0.25) is 5.95 Å². The van der Waals surface area contributed by atoms with Crippen molar-refractivity contribution in [3.63, 3.8) is 0 Å². The van der Waals surface area contributed by atoms with E-state index in [2.05, 4.69) is 9.88 Å². The highest BCUT2D eigenvalue weighted by atomic mass is 35.5. The highest BCUT2D eigenvalue weighted by Crippen LogP contribution is 2.33. The Morgan fingerprint density at radius 3 is 2.68 bits per heavy atom. The lowest BCUT2D eigenvalue weighted by molar-refractivity contribution is 0.333. The van der Waals surface area contributed by atoms with Crippen molar-refractivity contribution in [1.82, 2.24) is 18.7 Å². The van der Waals surface area contributed by atoms with Gasteiger partial charge in [-0.05, 0) is 24.5 Å². The summed E-state index contributed by atoms with van der Waals surface area (Å²) in [5.74, 6) is 0.759. The Morgan fingerprint density at radius 2 is 1.96 bits per heavy atom. The monoisotopic (exact) mass is 400 g/mol. The highest BCUT2D eigenvalue weighted by Gasteiger charge is 2.37. The van der Waals surface area contributed by atoms with Gasteiger partial charge in [-0.3, -0.25) is 13.9 Å². The fraction of sp³-hybridized carbons (Fsp3) is 0.421. The number of rotatable bonds is 3. The smallest absolute Gasteiger partial charge is 0.332 e. The summed E-state index contributed by atoms with van der Waals surface area (Å²) in [6.07, 6.45) is 1.86. The summed E-state index contributed by atoms with van der Waals surface area (Å²) in [7, 11) is 1.65. The molecular weight excluding hydrogens is 380 g/mol. The Morgan fingerprint density at radius 1 is 1.21 bits per heavy atom. The van der Waals surface area contributed by atoms with Crippen LogP contribution in [0.2, 0.25) is 5.02 Å². The first-order valence-electron chi connectivity index (χ1n) is 9.41. The Bertz CT molecular complexity index is 1200. The van der Waals surface area contributed by atoms with E-state index < -0.39 is 5.69 Å². The van der Waals surface area contributed by atoms with Crippen LogP contribution in [0.3, 0.4) is 0 Å². The van der Waals surface area contributed by atoms with E-state index >= 15 is 0 Å². The van der Waals surface area contributed by atoms with E-state index in [4.69, 9.17) is 17.3 Å². The largest absolute Gasteiger partial charge is 0.337 e. The molecule has 1 aliphatic heterocycles. The predicted molar refractivity (Wildman–Crippen MR) is 108 cm³/mol. The van der Waals surface area contributed by atoms with Crippen LogP contribution in [-0.2, 0) is 20.1 Å². The Kier molecular flexibility index (Phi) is 3.89. The molecule has 0 spiro atoms. The molecule has 1 aromatic carbocycles. The molecule has 2 aromatic heterocycles. The molecule has 0 bridgehead atoms. The lowest BCUT2D eigenvalue weighted by Crippen LogP contribution is -2.50. The van der Waals surface area contributed by atoms with Gasteiger partial charge in [-0.15, -0.1) is 0 Å². The van der Waals surface area contributed by atoms with Crippen molar-refractivity contribution in [2.75, 3.05) is 11.4 Å². The molecule has 9 heteroatoms. The number of hydrogen-bond donors (Lipinski definition) is 1. The van der Waals surface area contributed by atoms with Gasteiger partial charge >= 0.3 is 5.69 Å². The number of hydrogen-bond acceptors (Lipinski definition) is 5. The third-order valence-corrected chi connectivity index (χ3v) is 6.28. The average molecular weight is 401 g/mol. The minimum Gasteiger partial charge on any atom is -0.337 e. The van der Waals surface area contributed by atoms with Crippen molar-refractivity contribution in [1.29, 1.82) is 0 Å². The molecule has 3 heterocycles. The summed E-state index contributed by atoms with van der Waals surface area (Å²) >= 11 is 6.24. The second-order valence-corrected chi connectivity index (χ2v) is 8.05. The highest BCUT2D eigenvalue weighted by molar-refractivity contribution is 6.31. The van der Waals surface area contributed by atoms with E-state index in [9.17, 15) is 9.59 Å². The average Bonchev–Trinajstić information content (AvgIpc) is 3.21. The summed E-state index contributed by atoms with van der Waals surface area (Å²) in [5, 5.41) is 0.530. The molecule has 0 atom stereocenters. The number of aryl methyl sites for hydroxylation is 1. The standard InChI is InChI=1S/C19H21ClN6O2/c1-23-16-15(25-7-6-24(18(25)22-16)13-8-12(21)9-13)17(27)26(19(23)28)10-11-4-2-3-5-14(11)20/h2-5,12-13H,6-10,21H2,1H3/t12-,13-. The van der Waals surface area contributed by atoms with E-state index in [0.29, 0.717) is 28.8 Å². The van der Waals surface area contributed by atoms with Gasteiger partial charge in [0.05, 0.1) is 6.54 Å². The van der Waals surface area contributed by atoms with E-state index in [1.165, 1.54) is 9.13 Å². The first-order chi connectivity index (χ1) is 13.5.